The summed E-state index contributed by atoms with van der Waals surface area (Å²) >= 11 is 0. The molecule has 0 bridgehead atoms. The minimum atomic E-state index is 0.107. The molecular formula is C22H32N2O2. The van der Waals surface area contributed by atoms with Gasteiger partial charge in [0, 0.05) is 55.8 Å². The molecule has 2 atom stereocenters. The Labute approximate surface area is 157 Å². The molecule has 26 heavy (non-hydrogen) atoms. The summed E-state index contributed by atoms with van der Waals surface area (Å²) in [7, 11) is 0. The van der Waals surface area contributed by atoms with Crippen LogP contribution in [0.25, 0.3) is 0 Å². The molecule has 142 valence electrons. The van der Waals surface area contributed by atoms with Crippen LogP contribution in [0.4, 0.5) is 5.69 Å². The molecule has 0 amide bonds. The van der Waals surface area contributed by atoms with Crippen LogP contribution in [0.5, 0.6) is 0 Å². The third-order valence-electron chi connectivity index (χ3n) is 7.65. The average Bonchev–Trinajstić information content (AvgIpc) is 3.32. The zero-order valence-electron chi connectivity index (χ0n) is 15.8. The fourth-order valence-electron chi connectivity index (χ4n) is 5.87. The lowest BCUT2D eigenvalue weighted by Gasteiger charge is -2.39. The van der Waals surface area contributed by atoms with Gasteiger partial charge in [-0.1, -0.05) is 6.07 Å². The topological polar surface area (TPSA) is 35.9 Å². The van der Waals surface area contributed by atoms with Gasteiger partial charge >= 0.3 is 0 Å². The Morgan fingerprint density at radius 2 is 2.00 bits per heavy atom. The highest BCUT2D eigenvalue weighted by atomic mass is 16.5. The Hall–Kier alpha value is -1.10. The number of rotatable bonds is 3. The van der Waals surface area contributed by atoms with Crippen molar-refractivity contribution in [2.24, 2.45) is 11.3 Å². The maximum atomic E-state index is 10.0. The predicted molar refractivity (Wildman–Crippen MR) is 104 cm³/mol. The quantitative estimate of drug-likeness (QED) is 0.903. The maximum absolute atomic E-state index is 10.0. The second-order valence-electron chi connectivity index (χ2n) is 9.00. The fourth-order valence-corrected chi connectivity index (χ4v) is 5.87. The third-order valence-corrected chi connectivity index (χ3v) is 7.65. The second-order valence-corrected chi connectivity index (χ2v) is 9.00. The van der Waals surface area contributed by atoms with Gasteiger partial charge < -0.3 is 14.7 Å². The summed E-state index contributed by atoms with van der Waals surface area (Å²) in [6.07, 6.45) is 7.37. The van der Waals surface area contributed by atoms with Gasteiger partial charge in [-0.15, -0.1) is 0 Å². The molecule has 4 aliphatic rings. The number of anilines is 1. The minimum Gasteiger partial charge on any atom is -0.396 e. The molecule has 5 rings (SSSR count). The van der Waals surface area contributed by atoms with Crippen LogP contribution in [0.15, 0.2) is 18.2 Å². The third kappa shape index (κ3) is 2.87. The predicted octanol–water partition coefficient (Wildman–Crippen LogP) is 2.47. The van der Waals surface area contributed by atoms with Crippen molar-refractivity contribution in [1.82, 2.24) is 4.90 Å². The Morgan fingerprint density at radius 3 is 2.81 bits per heavy atom. The monoisotopic (exact) mass is 356 g/mol. The fraction of sp³-hybridized carbons (Fsp3) is 0.727. The van der Waals surface area contributed by atoms with Gasteiger partial charge in [0.25, 0.3) is 0 Å². The first kappa shape index (κ1) is 17.0. The number of aliphatic hydroxyl groups excluding tert-OH is 1. The molecule has 3 fully saturated rings. The molecule has 3 saturated heterocycles. The molecule has 1 N–H and O–H groups in total. The van der Waals surface area contributed by atoms with Crippen molar-refractivity contribution in [3.63, 3.8) is 0 Å². The first-order valence-corrected chi connectivity index (χ1v) is 10.6. The van der Waals surface area contributed by atoms with E-state index in [9.17, 15) is 5.11 Å². The van der Waals surface area contributed by atoms with E-state index in [2.05, 4.69) is 28.0 Å². The molecule has 0 aromatic heterocycles. The summed E-state index contributed by atoms with van der Waals surface area (Å²) in [5.74, 6) is 0.524. The average molecular weight is 357 g/mol. The zero-order chi connectivity index (χ0) is 17.6. The van der Waals surface area contributed by atoms with Gasteiger partial charge in [-0.2, -0.15) is 0 Å². The lowest BCUT2D eigenvalue weighted by atomic mass is 9.75. The van der Waals surface area contributed by atoms with Crippen molar-refractivity contribution in [1.29, 1.82) is 0 Å². The lowest BCUT2D eigenvalue weighted by Crippen LogP contribution is -2.45. The van der Waals surface area contributed by atoms with Crippen molar-refractivity contribution in [3.05, 3.63) is 29.3 Å². The maximum Gasteiger partial charge on any atom is 0.0513 e. The van der Waals surface area contributed by atoms with Crippen LogP contribution in [0.3, 0.4) is 0 Å². The van der Waals surface area contributed by atoms with Crippen molar-refractivity contribution in [3.8, 4) is 0 Å². The molecule has 0 radical (unpaired) electrons. The first-order chi connectivity index (χ1) is 12.8. The Kier molecular flexibility index (Phi) is 4.46. The number of aryl methyl sites for hydroxylation is 2. The molecule has 0 unspecified atom stereocenters. The molecular weight excluding hydrogens is 324 g/mol. The van der Waals surface area contributed by atoms with Crippen LogP contribution in [-0.2, 0) is 17.6 Å². The van der Waals surface area contributed by atoms with E-state index >= 15 is 0 Å². The standard InChI is InChI=1S/C22H32N2O2/c25-16-22-8-11-26-14-19(22)13-24(15-22)20-6-9-23(10-7-20)21-5-4-17-2-1-3-18(17)12-21/h4-5,12,19-20,25H,1-3,6-11,13-16H2/t19-,22-/m1/s1. The number of benzene rings is 1. The minimum absolute atomic E-state index is 0.107. The number of hydrogen-bond donors (Lipinski definition) is 1. The van der Waals surface area contributed by atoms with E-state index in [1.807, 2.05) is 0 Å². The number of aliphatic hydroxyl groups is 1. The lowest BCUT2D eigenvalue weighted by molar-refractivity contribution is -0.0419. The second kappa shape index (κ2) is 6.81. The van der Waals surface area contributed by atoms with Crippen LogP contribution >= 0.6 is 0 Å². The summed E-state index contributed by atoms with van der Waals surface area (Å²) < 4.78 is 5.71. The largest absolute Gasteiger partial charge is 0.396 e. The van der Waals surface area contributed by atoms with Gasteiger partial charge in [0.2, 0.25) is 0 Å². The van der Waals surface area contributed by atoms with Gasteiger partial charge in [-0.25, -0.2) is 0 Å². The van der Waals surface area contributed by atoms with E-state index in [0.29, 0.717) is 18.6 Å². The smallest absolute Gasteiger partial charge is 0.0513 e. The molecule has 0 saturated carbocycles. The van der Waals surface area contributed by atoms with Gasteiger partial charge in [0.1, 0.15) is 0 Å². The van der Waals surface area contributed by atoms with Crippen molar-refractivity contribution in [2.75, 3.05) is 50.9 Å². The van der Waals surface area contributed by atoms with Gasteiger partial charge in [-0.05, 0) is 61.8 Å². The van der Waals surface area contributed by atoms with Crippen LogP contribution in [0, 0.1) is 11.3 Å². The number of hydrogen-bond acceptors (Lipinski definition) is 4. The van der Waals surface area contributed by atoms with Gasteiger partial charge in [0.05, 0.1) is 13.2 Å². The number of piperidine rings is 1. The summed E-state index contributed by atoms with van der Waals surface area (Å²) in [6.45, 7) is 6.49. The number of fused-ring (bicyclic) bond motifs is 2. The highest BCUT2D eigenvalue weighted by Gasteiger charge is 2.49. The Balaban J connectivity index is 1.22. The summed E-state index contributed by atoms with van der Waals surface area (Å²) in [4.78, 5) is 5.26. The summed E-state index contributed by atoms with van der Waals surface area (Å²) in [5.41, 5.74) is 4.69. The molecule has 1 aromatic rings. The van der Waals surface area contributed by atoms with E-state index in [4.69, 9.17) is 4.74 Å². The SMILES string of the molecule is OC[C@]12CCOC[C@H]1CN(C1CCN(c3ccc4c(c3)CCC4)CC1)C2. The first-order valence-electron chi connectivity index (χ1n) is 10.6. The van der Waals surface area contributed by atoms with E-state index in [-0.39, 0.29) is 5.41 Å². The van der Waals surface area contributed by atoms with Crippen molar-refractivity contribution < 1.29 is 9.84 Å². The van der Waals surface area contributed by atoms with Gasteiger partial charge in [-0.3, -0.25) is 4.90 Å². The summed E-state index contributed by atoms with van der Waals surface area (Å²) in [6, 6.07) is 7.83. The van der Waals surface area contributed by atoms with Gasteiger partial charge in [0.15, 0.2) is 0 Å². The molecule has 1 aliphatic carbocycles. The van der Waals surface area contributed by atoms with Crippen LogP contribution in [0.2, 0.25) is 0 Å². The molecule has 4 heteroatoms. The molecule has 3 aliphatic heterocycles. The van der Waals surface area contributed by atoms with E-state index in [0.717, 1.165) is 45.8 Å². The van der Waals surface area contributed by atoms with Crippen LogP contribution in [0.1, 0.15) is 36.8 Å². The highest BCUT2D eigenvalue weighted by molar-refractivity contribution is 5.52. The van der Waals surface area contributed by atoms with Crippen LogP contribution < -0.4 is 4.90 Å². The van der Waals surface area contributed by atoms with Crippen molar-refractivity contribution in [2.45, 2.75) is 44.6 Å². The zero-order valence-corrected chi connectivity index (χ0v) is 15.8. The van der Waals surface area contributed by atoms with Crippen LogP contribution in [-0.4, -0.2) is 62.0 Å². The highest BCUT2D eigenvalue weighted by Crippen LogP contribution is 2.43. The molecule has 4 nitrogen and oxygen atoms in total. The number of ether oxygens (including phenoxy) is 1. The number of likely N-dealkylation sites (tertiary alicyclic amines) is 1. The Bertz CT molecular complexity index is 656. The Morgan fingerprint density at radius 1 is 1.15 bits per heavy atom. The van der Waals surface area contributed by atoms with Crippen molar-refractivity contribution >= 4 is 5.69 Å². The van der Waals surface area contributed by atoms with E-state index < -0.39 is 0 Å². The molecule has 1 aromatic carbocycles. The number of nitrogens with zero attached hydrogens (tertiary/aromatic N) is 2. The summed E-state index contributed by atoms with van der Waals surface area (Å²) in [5, 5.41) is 10.0. The molecule has 3 heterocycles. The van der Waals surface area contributed by atoms with E-state index in [1.165, 1.54) is 37.8 Å². The normalized spacial score (nSPS) is 32.7. The van der Waals surface area contributed by atoms with E-state index in [1.54, 1.807) is 11.1 Å². The molecule has 0 spiro atoms.